The molecule has 0 saturated heterocycles. The van der Waals surface area contributed by atoms with Gasteiger partial charge in [0, 0.05) is 5.56 Å². The Balaban J connectivity index is 2.12. The molecule has 0 heterocycles. The van der Waals surface area contributed by atoms with Gasteiger partial charge in [-0.25, -0.2) is 0 Å². The molecule has 2 N–H and O–H groups in total. The number of aliphatic hydroxyl groups excluding tert-OH is 1. The molecule has 0 aliphatic heterocycles. The minimum atomic E-state index is -4.83. The number of amides is 1. The Morgan fingerprint density at radius 2 is 1.83 bits per heavy atom. The molecule has 0 unspecified atom stereocenters. The van der Waals surface area contributed by atoms with E-state index >= 15 is 0 Å². The average molecular weight is 325 g/mol. The first-order valence-electron chi connectivity index (χ1n) is 6.71. The van der Waals surface area contributed by atoms with Crippen LogP contribution in [0.1, 0.15) is 22.0 Å². The molecule has 0 spiro atoms. The molecule has 1 atom stereocenters. The van der Waals surface area contributed by atoms with Gasteiger partial charge in [0.2, 0.25) is 0 Å². The van der Waals surface area contributed by atoms with E-state index in [9.17, 15) is 23.1 Å². The zero-order valence-electron chi connectivity index (χ0n) is 11.9. The number of halogens is 3. The fraction of sp³-hybridized carbons (Fsp3) is 0.188. The summed E-state index contributed by atoms with van der Waals surface area (Å²) in [6.07, 6.45) is -4.83. The number of carbonyl (C=O) groups is 1. The van der Waals surface area contributed by atoms with Gasteiger partial charge < -0.3 is 15.2 Å². The summed E-state index contributed by atoms with van der Waals surface area (Å²) < 4.78 is 40.4. The van der Waals surface area contributed by atoms with E-state index in [0.29, 0.717) is 5.56 Å². The SMILES string of the molecule is O=C(N[C@H](CO)c1ccccc1)c1cccc(OC(F)(F)F)c1. The Hall–Kier alpha value is -2.54. The number of alkyl halides is 3. The molecule has 4 nitrogen and oxygen atoms in total. The van der Waals surface area contributed by atoms with E-state index < -0.39 is 24.1 Å². The zero-order chi connectivity index (χ0) is 16.9. The summed E-state index contributed by atoms with van der Waals surface area (Å²) in [5, 5.41) is 12.0. The van der Waals surface area contributed by atoms with E-state index in [1.54, 1.807) is 30.3 Å². The molecule has 23 heavy (non-hydrogen) atoms. The van der Waals surface area contributed by atoms with Crippen molar-refractivity contribution in [3.63, 3.8) is 0 Å². The van der Waals surface area contributed by atoms with Gasteiger partial charge in [0.25, 0.3) is 5.91 Å². The molecule has 2 rings (SSSR count). The van der Waals surface area contributed by atoms with Crippen LogP contribution in [0.15, 0.2) is 54.6 Å². The molecule has 7 heteroatoms. The quantitative estimate of drug-likeness (QED) is 0.888. The largest absolute Gasteiger partial charge is 0.573 e. The first kappa shape index (κ1) is 16.8. The van der Waals surface area contributed by atoms with Crippen molar-refractivity contribution in [2.45, 2.75) is 12.4 Å². The Kier molecular flexibility index (Phi) is 5.23. The smallest absolute Gasteiger partial charge is 0.406 e. The number of rotatable bonds is 5. The van der Waals surface area contributed by atoms with Crippen LogP contribution in [0.2, 0.25) is 0 Å². The Bertz CT molecular complexity index is 659. The van der Waals surface area contributed by atoms with Crippen molar-refractivity contribution in [2.24, 2.45) is 0 Å². The highest BCUT2D eigenvalue weighted by molar-refractivity contribution is 5.94. The van der Waals surface area contributed by atoms with Crippen molar-refractivity contribution in [1.82, 2.24) is 5.32 Å². The summed E-state index contributed by atoms with van der Waals surface area (Å²) in [6, 6.07) is 12.8. The summed E-state index contributed by atoms with van der Waals surface area (Å²) in [5.41, 5.74) is 0.687. The molecular formula is C16H14F3NO3. The fourth-order valence-corrected chi connectivity index (χ4v) is 2.00. The van der Waals surface area contributed by atoms with Gasteiger partial charge in [-0.05, 0) is 23.8 Å². The third kappa shape index (κ3) is 5.00. The van der Waals surface area contributed by atoms with E-state index in [2.05, 4.69) is 10.1 Å². The minimum absolute atomic E-state index is 0.00105. The summed E-state index contributed by atoms with van der Waals surface area (Å²) in [4.78, 5) is 12.1. The van der Waals surface area contributed by atoms with Crippen LogP contribution in [-0.2, 0) is 0 Å². The van der Waals surface area contributed by atoms with E-state index in [1.807, 2.05) is 0 Å². The zero-order valence-corrected chi connectivity index (χ0v) is 11.9. The van der Waals surface area contributed by atoms with Gasteiger partial charge in [-0.1, -0.05) is 36.4 Å². The third-order valence-electron chi connectivity index (χ3n) is 3.02. The van der Waals surface area contributed by atoms with Gasteiger partial charge >= 0.3 is 6.36 Å². The van der Waals surface area contributed by atoms with Gasteiger partial charge in [-0.3, -0.25) is 4.79 Å². The number of nitrogens with one attached hydrogen (secondary N) is 1. The molecule has 0 aliphatic rings. The predicted octanol–water partition coefficient (Wildman–Crippen LogP) is 3.05. The van der Waals surface area contributed by atoms with Crippen LogP contribution in [0.5, 0.6) is 5.75 Å². The Morgan fingerprint density at radius 1 is 1.13 bits per heavy atom. The normalized spacial score (nSPS) is 12.5. The molecule has 2 aromatic rings. The van der Waals surface area contributed by atoms with Crippen molar-refractivity contribution < 1.29 is 27.8 Å². The summed E-state index contributed by atoms with van der Waals surface area (Å²) in [6.45, 7) is -0.339. The summed E-state index contributed by atoms with van der Waals surface area (Å²) >= 11 is 0. The predicted molar refractivity (Wildman–Crippen MR) is 76.9 cm³/mol. The Morgan fingerprint density at radius 3 is 2.43 bits per heavy atom. The molecular weight excluding hydrogens is 311 g/mol. The second-order valence-corrected chi connectivity index (χ2v) is 4.69. The fourth-order valence-electron chi connectivity index (χ4n) is 2.00. The standard InChI is InChI=1S/C16H14F3NO3/c17-16(18,19)23-13-8-4-7-12(9-13)15(22)20-14(10-21)11-5-2-1-3-6-11/h1-9,14,21H,10H2,(H,20,22)/t14-/m1/s1. The molecule has 1 amide bonds. The lowest BCUT2D eigenvalue weighted by atomic mass is 10.1. The number of hydrogen-bond acceptors (Lipinski definition) is 3. The van der Waals surface area contributed by atoms with Crippen molar-refractivity contribution in [3.05, 3.63) is 65.7 Å². The lowest BCUT2D eigenvalue weighted by Gasteiger charge is -2.17. The van der Waals surface area contributed by atoms with Crippen LogP contribution in [-0.4, -0.2) is 24.0 Å². The maximum atomic E-state index is 12.2. The maximum absolute atomic E-state index is 12.2. The van der Waals surface area contributed by atoms with Crippen LogP contribution >= 0.6 is 0 Å². The average Bonchev–Trinajstić information content (AvgIpc) is 2.52. The number of carbonyl (C=O) groups excluding carboxylic acids is 1. The summed E-state index contributed by atoms with van der Waals surface area (Å²) in [7, 11) is 0. The van der Waals surface area contributed by atoms with Crippen LogP contribution in [0.4, 0.5) is 13.2 Å². The lowest BCUT2D eigenvalue weighted by Crippen LogP contribution is -2.30. The molecule has 0 saturated carbocycles. The number of benzene rings is 2. The molecule has 122 valence electrons. The highest BCUT2D eigenvalue weighted by Crippen LogP contribution is 2.23. The highest BCUT2D eigenvalue weighted by atomic mass is 19.4. The number of aliphatic hydroxyl groups is 1. The topological polar surface area (TPSA) is 58.6 Å². The second kappa shape index (κ2) is 7.15. The van der Waals surface area contributed by atoms with E-state index in [4.69, 9.17) is 0 Å². The van der Waals surface area contributed by atoms with Gasteiger partial charge in [0.1, 0.15) is 5.75 Å². The van der Waals surface area contributed by atoms with Gasteiger partial charge in [0.15, 0.2) is 0 Å². The second-order valence-electron chi connectivity index (χ2n) is 4.69. The number of ether oxygens (including phenoxy) is 1. The van der Waals surface area contributed by atoms with Gasteiger partial charge in [-0.2, -0.15) is 0 Å². The Labute approximate surface area is 130 Å². The summed E-state index contributed by atoms with van der Waals surface area (Å²) in [5.74, 6) is -1.09. The minimum Gasteiger partial charge on any atom is -0.406 e. The lowest BCUT2D eigenvalue weighted by molar-refractivity contribution is -0.274. The molecule has 0 radical (unpaired) electrons. The molecule has 0 aromatic heterocycles. The maximum Gasteiger partial charge on any atom is 0.573 e. The number of hydrogen-bond donors (Lipinski definition) is 2. The van der Waals surface area contributed by atoms with Crippen molar-refractivity contribution in [1.29, 1.82) is 0 Å². The van der Waals surface area contributed by atoms with E-state index in [-0.39, 0.29) is 12.2 Å². The molecule has 2 aromatic carbocycles. The van der Waals surface area contributed by atoms with Crippen molar-refractivity contribution in [2.75, 3.05) is 6.61 Å². The first-order valence-corrected chi connectivity index (χ1v) is 6.71. The third-order valence-corrected chi connectivity index (χ3v) is 3.02. The van der Waals surface area contributed by atoms with Gasteiger partial charge in [0.05, 0.1) is 12.6 Å². The monoisotopic (exact) mass is 325 g/mol. The van der Waals surface area contributed by atoms with E-state index in [0.717, 1.165) is 12.1 Å². The van der Waals surface area contributed by atoms with E-state index in [1.165, 1.54) is 12.1 Å². The molecule has 0 bridgehead atoms. The van der Waals surface area contributed by atoms with Crippen LogP contribution in [0.3, 0.4) is 0 Å². The molecule has 0 aliphatic carbocycles. The van der Waals surface area contributed by atoms with Crippen LogP contribution in [0, 0.1) is 0 Å². The van der Waals surface area contributed by atoms with Crippen LogP contribution < -0.4 is 10.1 Å². The van der Waals surface area contributed by atoms with Crippen molar-refractivity contribution in [3.8, 4) is 5.75 Å². The van der Waals surface area contributed by atoms with Gasteiger partial charge in [-0.15, -0.1) is 13.2 Å². The van der Waals surface area contributed by atoms with Crippen molar-refractivity contribution >= 4 is 5.91 Å². The van der Waals surface area contributed by atoms with Crippen LogP contribution in [0.25, 0.3) is 0 Å². The highest BCUT2D eigenvalue weighted by Gasteiger charge is 2.31. The first-order chi connectivity index (χ1) is 10.9. The molecule has 0 fully saturated rings.